The van der Waals surface area contributed by atoms with E-state index in [1.807, 2.05) is 25.1 Å². The Morgan fingerprint density at radius 1 is 1.09 bits per heavy atom. The van der Waals surface area contributed by atoms with Crippen LogP contribution in [-0.2, 0) is 4.79 Å². The highest BCUT2D eigenvalue weighted by Crippen LogP contribution is 2.22. The summed E-state index contributed by atoms with van der Waals surface area (Å²) in [5.41, 5.74) is 5.67. The van der Waals surface area contributed by atoms with Crippen molar-refractivity contribution in [2.45, 2.75) is 33.7 Å². The zero-order valence-electron chi connectivity index (χ0n) is 14.0. The van der Waals surface area contributed by atoms with E-state index in [0.29, 0.717) is 5.02 Å². The molecule has 2 aromatic carbocycles. The molecule has 0 heterocycles. The molecule has 0 fully saturated rings. The maximum Gasteiger partial charge on any atom is 0.244 e. The summed E-state index contributed by atoms with van der Waals surface area (Å²) in [6, 6.07) is 11.7. The average molecular weight is 328 g/mol. The molecule has 1 atom stereocenters. The maximum absolute atomic E-state index is 12.1. The lowest BCUT2D eigenvalue weighted by Gasteiger charge is -2.17. The Morgan fingerprint density at radius 3 is 2.43 bits per heavy atom. The number of amides is 1. The first-order valence-electron chi connectivity index (χ1n) is 7.69. The summed E-state index contributed by atoms with van der Waals surface area (Å²) >= 11 is 6.08. The van der Waals surface area contributed by atoms with Gasteiger partial charge in [-0.15, -0.1) is 0 Å². The van der Waals surface area contributed by atoms with Crippen molar-refractivity contribution in [2.75, 3.05) is 0 Å². The van der Waals surface area contributed by atoms with Crippen LogP contribution in [0.2, 0.25) is 5.02 Å². The summed E-state index contributed by atoms with van der Waals surface area (Å²) in [7, 11) is 0. The molecule has 0 aromatic heterocycles. The van der Waals surface area contributed by atoms with E-state index in [1.165, 1.54) is 22.8 Å². The number of nitrogens with one attached hydrogen (secondary N) is 1. The topological polar surface area (TPSA) is 29.1 Å². The van der Waals surface area contributed by atoms with Gasteiger partial charge in [-0.1, -0.05) is 41.9 Å². The molecule has 2 aromatic rings. The number of aryl methyl sites for hydroxylation is 3. The summed E-state index contributed by atoms with van der Waals surface area (Å²) in [6.07, 6.45) is 3.26. The molecule has 0 saturated carbocycles. The van der Waals surface area contributed by atoms with E-state index in [0.717, 1.165) is 11.1 Å². The minimum atomic E-state index is -0.130. The van der Waals surface area contributed by atoms with Crippen LogP contribution in [0.4, 0.5) is 0 Å². The van der Waals surface area contributed by atoms with E-state index < -0.39 is 0 Å². The quantitative estimate of drug-likeness (QED) is 0.772. The summed E-state index contributed by atoms with van der Waals surface area (Å²) < 4.78 is 0. The summed E-state index contributed by atoms with van der Waals surface area (Å²) in [5.74, 6) is -0.130. The maximum atomic E-state index is 12.1. The number of benzene rings is 2. The van der Waals surface area contributed by atoms with Crippen LogP contribution in [0.3, 0.4) is 0 Å². The van der Waals surface area contributed by atoms with E-state index in [2.05, 4.69) is 38.2 Å². The highest BCUT2D eigenvalue weighted by atomic mass is 35.5. The van der Waals surface area contributed by atoms with Crippen LogP contribution >= 0.6 is 11.6 Å². The van der Waals surface area contributed by atoms with Gasteiger partial charge in [-0.05, 0) is 67.7 Å². The second kappa shape index (κ2) is 7.47. The second-order valence-corrected chi connectivity index (χ2v) is 6.29. The van der Waals surface area contributed by atoms with Crippen LogP contribution in [0.5, 0.6) is 0 Å². The molecular weight excluding hydrogens is 306 g/mol. The van der Waals surface area contributed by atoms with E-state index in [1.54, 1.807) is 12.1 Å². The molecule has 1 amide bonds. The lowest BCUT2D eigenvalue weighted by Crippen LogP contribution is -2.25. The predicted molar refractivity (Wildman–Crippen MR) is 97.7 cm³/mol. The fourth-order valence-corrected chi connectivity index (χ4v) is 2.76. The summed E-state index contributed by atoms with van der Waals surface area (Å²) in [6.45, 7) is 8.26. The first-order chi connectivity index (χ1) is 10.9. The van der Waals surface area contributed by atoms with Gasteiger partial charge in [0.05, 0.1) is 6.04 Å². The fourth-order valence-electron chi connectivity index (χ4n) is 2.56. The molecule has 2 rings (SSSR count). The van der Waals surface area contributed by atoms with Gasteiger partial charge in [0.2, 0.25) is 5.91 Å². The van der Waals surface area contributed by atoms with Crippen LogP contribution in [-0.4, -0.2) is 5.91 Å². The van der Waals surface area contributed by atoms with Gasteiger partial charge in [-0.3, -0.25) is 4.79 Å². The number of hydrogen-bond donors (Lipinski definition) is 1. The number of halogens is 1. The highest BCUT2D eigenvalue weighted by molar-refractivity contribution is 6.32. The van der Waals surface area contributed by atoms with Crippen LogP contribution in [0.25, 0.3) is 6.08 Å². The SMILES string of the molecule is Cc1cc(C)c(C(C)NC(=O)/C=C/c2ccccc2Cl)cc1C. The van der Waals surface area contributed by atoms with Gasteiger partial charge >= 0.3 is 0 Å². The molecule has 120 valence electrons. The Balaban J connectivity index is 2.08. The highest BCUT2D eigenvalue weighted by Gasteiger charge is 2.11. The van der Waals surface area contributed by atoms with Crippen molar-refractivity contribution in [1.82, 2.24) is 5.32 Å². The Bertz CT molecular complexity index is 749. The molecule has 0 bridgehead atoms. The minimum Gasteiger partial charge on any atom is -0.346 e. The number of hydrogen-bond acceptors (Lipinski definition) is 1. The van der Waals surface area contributed by atoms with Gasteiger partial charge in [-0.2, -0.15) is 0 Å². The molecule has 0 saturated heterocycles. The van der Waals surface area contributed by atoms with Gasteiger partial charge in [0.1, 0.15) is 0 Å². The number of carbonyl (C=O) groups is 1. The van der Waals surface area contributed by atoms with Gasteiger partial charge in [0.25, 0.3) is 0 Å². The van der Waals surface area contributed by atoms with Crippen molar-refractivity contribution in [1.29, 1.82) is 0 Å². The van der Waals surface area contributed by atoms with Crippen LogP contribution in [0.15, 0.2) is 42.5 Å². The largest absolute Gasteiger partial charge is 0.346 e. The smallest absolute Gasteiger partial charge is 0.244 e. The Hall–Kier alpha value is -2.06. The fraction of sp³-hybridized carbons (Fsp3) is 0.250. The third kappa shape index (κ3) is 4.46. The van der Waals surface area contributed by atoms with Gasteiger partial charge < -0.3 is 5.32 Å². The average Bonchev–Trinajstić information content (AvgIpc) is 2.50. The Kier molecular flexibility index (Phi) is 5.62. The summed E-state index contributed by atoms with van der Waals surface area (Å²) in [4.78, 5) is 12.1. The molecule has 0 aliphatic heterocycles. The molecule has 0 radical (unpaired) electrons. The van der Waals surface area contributed by atoms with Gasteiger partial charge in [0, 0.05) is 11.1 Å². The van der Waals surface area contributed by atoms with E-state index in [4.69, 9.17) is 11.6 Å². The van der Waals surface area contributed by atoms with Crippen molar-refractivity contribution in [3.63, 3.8) is 0 Å². The minimum absolute atomic E-state index is 0.0438. The first kappa shape index (κ1) is 17.3. The van der Waals surface area contributed by atoms with Crippen LogP contribution in [0.1, 0.15) is 40.8 Å². The number of carbonyl (C=O) groups excluding carboxylic acids is 1. The van der Waals surface area contributed by atoms with Crippen molar-refractivity contribution >= 4 is 23.6 Å². The predicted octanol–water partition coefficient (Wildman–Crippen LogP) is 5.16. The van der Waals surface area contributed by atoms with Gasteiger partial charge in [-0.25, -0.2) is 0 Å². The Morgan fingerprint density at radius 2 is 1.74 bits per heavy atom. The Labute approximate surface area is 143 Å². The summed E-state index contributed by atoms with van der Waals surface area (Å²) in [5, 5.41) is 3.64. The van der Waals surface area contributed by atoms with Crippen molar-refractivity contribution in [3.05, 3.63) is 75.3 Å². The molecule has 1 N–H and O–H groups in total. The van der Waals surface area contributed by atoms with E-state index >= 15 is 0 Å². The molecule has 3 heteroatoms. The van der Waals surface area contributed by atoms with E-state index in [9.17, 15) is 4.79 Å². The molecular formula is C20H22ClNO. The second-order valence-electron chi connectivity index (χ2n) is 5.88. The van der Waals surface area contributed by atoms with Gasteiger partial charge in [0.15, 0.2) is 0 Å². The normalized spacial score (nSPS) is 12.4. The van der Waals surface area contributed by atoms with Crippen LogP contribution in [0, 0.1) is 20.8 Å². The third-order valence-corrected chi connectivity index (χ3v) is 4.37. The number of rotatable bonds is 4. The molecule has 0 aliphatic carbocycles. The van der Waals surface area contributed by atoms with Crippen molar-refractivity contribution in [3.8, 4) is 0 Å². The standard InChI is InChI=1S/C20H22ClNO/c1-13-11-15(3)18(12-14(13)2)16(4)22-20(23)10-9-17-7-5-6-8-19(17)21/h5-12,16H,1-4H3,(H,22,23)/b10-9+. The molecule has 23 heavy (non-hydrogen) atoms. The molecule has 0 spiro atoms. The molecule has 0 aliphatic rings. The lowest BCUT2D eigenvalue weighted by molar-refractivity contribution is -0.117. The van der Waals surface area contributed by atoms with E-state index in [-0.39, 0.29) is 11.9 Å². The van der Waals surface area contributed by atoms with Crippen molar-refractivity contribution in [2.24, 2.45) is 0 Å². The monoisotopic (exact) mass is 327 g/mol. The lowest BCUT2D eigenvalue weighted by atomic mass is 9.96. The van der Waals surface area contributed by atoms with Crippen LogP contribution < -0.4 is 5.32 Å². The third-order valence-electron chi connectivity index (χ3n) is 4.03. The molecule has 1 unspecified atom stereocenters. The zero-order chi connectivity index (χ0) is 17.0. The zero-order valence-corrected chi connectivity index (χ0v) is 14.7. The van der Waals surface area contributed by atoms with Crippen molar-refractivity contribution < 1.29 is 4.79 Å². The molecule has 2 nitrogen and oxygen atoms in total. The first-order valence-corrected chi connectivity index (χ1v) is 8.07.